The van der Waals surface area contributed by atoms with Crippen molar-refractivity contribution in [1.29, 1.82) is 0 Å². The number of hydrogen-bond acceptors (Lipinski definition) is 0. The Kier molecular flexibility index (Phi) is 3.66. The molecule has 8 aromatic rings. The molecule has 0 fully saturated rings. The van der Waals surface area contributed by atoms with Crippen LogP contribution in [0.1, 0.15) is 0 Å². The highest BCUT2D eigenvalue weighted by atomic mass is 15.1. The zero-order chi connectivity index (χ0) is 22.9. The lowest BCUT2D eigenvalue weighted by molar-refractivity contribution is 1.17. The summed E-state index contributed by atoms with van der Waals surface area (Å²) in [5.74, 6) is 0. The second kappa shape index (κ2) is 6.87. The first-order chi connectivity index (χ1) is 17.4. The molecule has 0 saturated carbocycles. The molecule has 0 bridgehead atoms. The van der Waals surface area contributed by atoms with Gasteiger partial charge in [0.25, 0.3) is 0 Å². The van der Waals surface area contributed by atoms with E-state index in [1.54, 1.807) is 0 Å². The molecule has 0 atom stereocenters. The Morgan fingerprint density at radius 2 is 0.971 bits per heavy atom. The number of H-pyrrole nitrogens is 1. The molecule has 3 nitrogen and oxygen atoms in total. The van der Waals surface area contributed by atoms with Crippen molar-refractivity contribution in [1.82, 2.24) is 14.1 Å². The Morgan fingerprint density at radius 3 is 1.71 bits per heavy atom. The zero-order valence-electron chi connectivity index (χ0n) is 18.9. The minimum atomic E-state index is 1.16. The van der Waals surface area contributed by atoms with Crippen LogP contribution in [0.15, 0.2) is 121 Å². The number of para-hydroxylation sites is 4. The first-order valence-electron chi connectivity index (χ1n) is 12.0. The van der Waals surface area contributed by atoms with E-state index < -0.39 is 0 Å². The lowest BCUT2D eigenvalue weighted by atomic mass is 10.1. The number of nitrogens with one attached hydrogen (secondary N) is 1. The molecular weight excluding hydrogens is 426 g/mol. The van der Waals surface area contributed by atoms with Crippen LogP contribution in [0.25, 0.3) is 66.0 Å². The Bertz CT molecular complexity index is 2040. The summed E-state index contributed by atoms with van der Waals surface area (Å²) in [6.07, 6.45) is 0. The standard InChI is InChI=1S/C32H21N3/c1-3-11-21(12-4-1)34-29-18-10-8-16-24(29)31-32(34)26-19-28-25(23-15-7-9-17-27(23)33-28)20-30(26)35(31)22-13-5-2-6-14-22/h1-20,33H. The Hall–Kier alpha value is -4.76. The topological polar surface area (TPSA) is 25.6 Å². The second-order valence-electron chi connectivity index (χ2n) is 9.14. The van der Waals surface area contributed by atoms with Crippen LogP contribution >= 0.6 is 0 Å². The van der Waals surface area contributed by atoms with Gasteiger partial charge in [-0.15, -0.1) is 0 Å². The monoisotopic (exact) mass is 447 g/mol. The van der Waals surface area contributed by atoms with E-state index in [1.807, 2.05) is 0 Å². The fourth-order valence-electron chi connectivity index (χ4n) is 5.77. The first-order valence-corrected chi connectivity index (χ1v) is 12.0. The van der Waals surface area contributed by atoms with E-state index >= 15 is 0 Å². The molecule has 3 heteroatoms. The SMILES string of the molecule is c1ccc(-n2c3ccccc3c3c2c2cc4[nH]c5ccccc5c4cc2n3-c2ccccc2)cc1. The number of rotatable bonds is 2. The van der Waals surface area contributed by atoms with Gasteiger partial charge in [0.2, 0.25) is 0 Å². The van der Waals surface area contributed by atoms with Crippen molar-refractivity contribution in [3.63, 3.8) is 0 Å². The van der Waals surface area contributed by atoms with Crippen molar-refractivity contribution in [3.05, 3.63) is 121 Å². The lowest BCUT2D eigenvalue weighted by Gasteiger charge is -2.09. The molecule has 8 rings (SSSR count). The predicted molar refractivity (Wildman–Crippen MR) is 147 cm³/mol. The summed E-state index contributed by atoms with van der Waals surface area (Å²) >= 11 is 0. The molecule has 35 heavy (non-hydrogen) atoms. The highest BCUT2D eigenvalue weighted by Crippen LogP contribution is 2.42. The van der Waals surface area contributed by atoms with Gasteiger partial charge in [-0.25, -0.2) is 0 Å². The van der Waals surface area contributed by atoms with Gasteiger partial charge in [-0.2, -0.15) is 0 Å². The van der Waals surface area contributed by atoms with Gasteiger partial charge in [0, 0.05) is 44.0 Å². The maximum absolute atomic E-state index is 3.66. The average molecular weight is 448 g/mol. The average Bonchev–Trinajstić information content (AvgIpc) is 3.55. The molecule has 0 amide bonds. The number of benzene rings is 5. The largest absolute Gasteiger partial charge is 0.354 e. The Labute approximate surface area is 201 Å². The van der Waals surface area contributed by atoms with Gasteiger partial charge >= 0.3 is 0 Å². The van der Waals surface area contributed by atoms with Crippen molar-refractivity contribution < 1.29 is 0 Å². The molecule has 0 unspecified atom stereocenters. The van der Waals surface area contributed by atoms with Gasteiger partial charge < -0.3 is 14.1 Å². The first kappa shape index (κ1) is 18.6. The highest BCUT2D eigenvalue weighted by Gasteiger charge is 2.22. The molecule has 3 heterocycles. The van der Waals surface area contributed by atoms with E-state index in [0.29, 0.717) is 0 Å². The van der Waals surface area contributed by atoms with Gasteiger partial charge in [0.05, 0.1) is 22.1 Å². The molecule has 0 radical (unpaired) electrons. The quantitative estimate of drug-likeness (QED) is 0.275. The molecule has 0 saturated heterocycles. The van der Waals surface area contributed by atoms with E-state index in [4.69, 9.17) is 0 Å². The van der Waals surface area contributed by atoms with Crippen molar-refractivity contribution in [2.24, 2.45) is 0 Å². The molecule has 0 aliphatic heterocycles. The van der Waals surface area contributed by atoms with Crippen LogP contribution in [0.3, 0.4) is 0 Å². The maximum Gasteiger partial charge on any atom is 0.0804 e. The number of fused-ring (bicyclic) bond motifs is 8. The number of nitrogens with zero attached hydrogens (tertiary/aromatic N) is 2. The zero-order valence-corrected chi connectivity index (χ0v) is 18.9. The summed E-state index contributed by atoms with van der Waals surface area (Å²) in [6.45, 7) is 0. The van der Waals surface area contributed by atoms with Gasteiger partial charge in [-0.3, -0.25) is 0 Å². The molecule has 0 spiro atoms. The minimum Gasteiger partial charge on any atom is -0.354 e. The summed E-state index contributed by atoms with van der Waals surface area (Å²) < 4.78 is 4.86. The number of hydrogen-bond donors (Lipinski definition) is 1. The van der Waals surface area contributed by atoms with Crippen molar-refractivity contribution >= 4 is 54.6 Å². The third-order valence-electron chi connectivity index (χ3n) is 7.22. The number of aromatic nitrogens is 3. The van der Waals surface area contributed by atoms with E-state index in [-0.39, 0.29) is 0 Å². The molecule has 1 N–H and O–H groups in total. The molecular formula is C32H21N3. The van der Waals surface area contributed by atoms with E-state index in [0.717, 1.165) is 5.52 Å². The fraction of sp³-hybridized carbons (Fsp3) is 0. The lowest BCUT2D eigenvalue weighted by Crippen LogP contribution is -1.93. The Morgan fingerprint density at radius 1 is 0.400 bits per heavy atom. The summed E-state index contributed by atoms with van der Waals surface area (Å²) in [5.41, 5.74) is 9.57. The van der Waals surface area contributed by atoms with Gasteiger partial charge in [0.15, 0.2) is 0 Å². The predicted octanol–water partition coefficient (Wildman–Crippen LogP) is 8.36. The molecule has 3 aromatic heterocycles. The minimum absolute atomic E-state index is 1.16. The summed E-state index contributed by atoms with van der Waals surface area (Å²) in [5, 5.41) is 4.99. The van der Waals surface area contributed by atoms with Crippen LogP contribution in [0.2, 0.25) is 0 Å². The molecule has 5 aromatic carbocycles. The Balaban J connectivity index is 1.66. The van der Waals surface area contributed by atoms with Crippen LogP contribution in [0.4, 0.5) is 0 Å². The number of aromatic amines is 1. The fourth-order valence-corrected chi connectivity index (χ4v) is 5.77. The van der Waals surface area contributed by atoms with E-state index in [9.17, 15) is 0 Å². The van der Waals surface area contributed by atoms with Gasteiger partial charge in [0.1, 0.15) is 0 Å². The van der Waals surface area contributed by atoms with Gasteiger partial charge in [-0.1, -0.05) is 72.8 Å². The normalized spacial score (nSPS) is 12.0. The van der Waals surface area contributed by atoms with Crippen LogP contribution in [-0.2, 0) is 0 Å². The van der Waals surface area contributed by atoms with Gasteiger partial charge in [-0.05, 0) is 48.5 Å². The van der Waals surface area contributed by atoms with Crippen LogP contribution in [-0.4, -0.2) is 14.1 Å². The van der Waals surface area contributed by atoms with E-state index in [2.05, 4.69) is 135 Å². The summed E-state index contributed by atoms with van der Waals surface area (Å²) in [4.78, 5) is 3.66. The summed E-state index contributed by atoms with van der Waals surface area (Å²) in [7, 11) is 0. The molecule has 0 aliphatic carbocycles. The van der Waals surface area contributed by atoms with Crippen molar-refractivity contribution in [2.45, 2.75) is 0 Å². The smallest absolute Gasteiger partial charge is 0.0804 e. The highest BCUT2D eigenvalue weighted by molar-refractivity contribution is 6.23. The molecule has 0 aliphatic rings. The summed E-state index contributed by atoms with van der Waals surface area (Å²) in [6, 6.07) is 43.4. The van der Waals surface area contributed by atoms with Crippen molar-refractivity contribution in [2.75, 3.05) is 0 Å². The van der Waals surface area contributed by atoms with E-state index in [1.165, 1.54) is 60.5 Å². The van der Waals surface area contributed by atoms with Crippen LogP contribution < -0.4 is 0 Å². The van der Waals surface area contributed by atoms with Crippen LogP contribution in [0.5, 0.6) is 0 Å². The molecule has 164 valence electrons. The third kappa shape index (κ3) is 2.50. The van der Waals surface area contributed by atoms with Crippen molar-refractivity contribution in [3.8, 4) is 11.4 Å². The maximum atomic E-state index is 3.66. The van der Waals surface area contributed by atoms with Crippen LogP contribution in [0, 0.1) is 0 Å². The third-order valence-corrected chi connectivity index (χ3v) is 7.22. The second-order valence-corrected chi connectivity index (χ2v) is 9.14.